The molecular weight excluding hydrogens is 320 g/mol. The lowest BCUT2D eigenvalue weighted by atomic mass is 9.87. The summed E-state index contributed by atoms with van der Waals surface area (Å²) in [7, 11) is -3.28. The predicted molar refractivity (Wildman–Crippen MR) is 85.1 cm³/mol. The summed E-state index contributed by atoms with van der Waals surface area (Å²) in [6.45, 7) is 2.54. The number of aliphatic carboxylic acids is 1. The molecule has 8 heteroatoms. The van der Waals surface area contributed by atoms with Gasteiger partial charge in [0.05, 0.1) is 10.8 Å². The Hall–Kier alpha value is -2.09. The average Bonchev–Trinajstić information content (AvgIpc) is 2.47. The Morgan fingerprint density at radius 2 is 1.87 bits per heavy atom. The second-order valence-corrected chi connectivity index (χ2v) is 7.90. The van der Waals surface area contributed by atoms with Gasteiger partial charge in [-0.25, -0.2) is 13.2 Å². The molecule has 0 spiro atoms. The molecule has 2 rings (SSSR count). The summed E-state index contributed by atoms with van der Waals surface area (Å²) in [5, 5.41) is 11.9. The molecule has 0 radical (unpaired) electrons. The van der Waals surface area contributed by atoms with Crippen LogP contribution in [-0.2, 0) is 14.6 Å². The van der Waals surface area contributed by atoms with Crippen molar-refractivity contribution in [2.24, 2.45) is 11.8 Å². The molecule has 1 saturated heterocycles. The first-order chi connectivity index (χ1) is 10.7. The molecule has 2 atom stereocenters. The topological polar surface area (TPSA) is 104 Å². The van der Waals surface area contributed by atoms with E-state index in [9.17, 15) is 23.1 Å². The molecular formula is C15H20N2O5S. The fraction of sp³-hybridized carbons (Fsp3) is 0.467. The molecule has 1 aromatic carbocycles. The minimum absolute atomic E-state index is 0.0330. The van der Waals surface area contributed by atoms with Crippen molar-refractivity contribution in [1.82, 2.24) is 4.90 Å². The maximum absolute atomic E-state index is 12.2. The number of nitrogens with one attached hydrogen (secondary N) is 1. The van der Waals surface area contributed by atoms with Gasteiger partial charge in [0.1, 0.15) is 0 Å². The smallest absolute Gasteiger partial charge is 0.321 e. The molecule has 7 nitrogen and oxygen atoms in total. The predicted octanol–water partition coefficient (Wildman–Crippen LogP) is 1.66. The highest BCUT2D eigenvalue weighted by Gasteiger charge is 2.33. The van der Waals surface area contributed by atoms with Crippen LogP contribution in [0.4, 0.5) is 10.5 Å². The minimum atomic E-state index is -3.28. The number of nitrogens with zero attached hydrogens (tertiary/aromatic N) is 1. The lowest BCUT2D eigenvalue weighted by Crippen LogP contribution is -2.47. The quantitative estimate of drug-likeness (QED) is 0.871. The van der Waals surface area contributed by atoms with E-state index in [1.54, 1.807) is 0 Å². The van der Waals surface area contributed by atoms with Crippen LogP contribution in [0, 0.1) is 11.8 Å². The largest absolute Gasteiger partial charge is 0.481 e. The number of carbonyl (C=O) groups excluding carboxylic acids is 1. The van der Waals surface area contributed by atoms with Crippen molar-refractivity contribution >= 4 is 27.5 Å². The maximum Gasteiger partial charge on any atom is 0.321 e. The lowest BCUT2D eigenvalue weighted by Gasteiger charge is -2.34. The van der Waals surface area contributed by atoms with Gasteiger partial charge in [-0.05, 0) is 36.6 Å². The Morgan fingerprint density at radius 3 is 2.39 bits per heavy atom. The standard InChI is InChI=1S/C15H20N2O5S/c1-10-7-8-17(9-13(10)14(18)19)15(20)16-11-3-5-12(6-4-11)23(2,21)22/h3-6,10,13H,7-9H2,1-2H3,(H,16,20)(H,18,19). The van der Waals surface area contributed by atoms with Gasteiger partial charge < -0.3 is 15.3 Å². The van der Waals surface area contributed by atoms with Crippen LogP contribution >= 0.6 is 0 Å². The van der Waals surface area contributed by atoms with Gasteiger partial charge in [0, 0.05) is 25.0 Å². The zero-order chi connectivity index (χ0) is 17.2. The highest BCUT2D eigenvalue weighted by Crippen LogP contribution is 2.24. The number of sulfone groups is 1. The number of hydrogen-bond acceptors (Lipinski definition) is 4. The van der Waals surface area contributed by atoms with E-state index in [0.29, 0.717) is 18.7 Å². The number of hydrogen-bond donors (Lipinski definition) is 2. The molecule has 0 saturated carbocycles. The number of amides is 2. The molecule has 2 unspecified atom stereocenters. The molecule has 2 N–H and O–H groups in total. The molecule has 0 aliphatic carbocycles. The molecule has 1 aliphatic heterocycles. The van der Waals surface area contributed by atoms with Crippen LogP contribution in [0.25, 0.3) is 0 Å². The number of anilines is 1. The third-order valence-corrected chi connectivity index (χ3v) is 5.22. The van der Waals surface area contributed by atoms with Crippen molar-refractivity contribution in [1.29, 1.82) is 0 Å². The third-order valence-electron chi connectivity index (χ3n) is 4.10. The van der Waals surface area contributed by atoms with Crippen molar-refractivity contribution in [3.63, 3.8) is 0 Å². The second kappa shape index (κ2) is 6.57. The summed E-state index contributed by atoms with van der Waals surface area (Å²) in [5.74, 6) is -1.43. The molecule has 126 valence electrons. The van der Waals surface area contributed by atoms with E-state index < -0.39 is 21.7 Å². The molecule has 0 aromatic heterocycles. The van der Waals surface area contributed by atoms with Crippen LogP contribution in [-0.4, -0.2) is 49.8 Å². The Labute approximate surface area is 135 Å². The van der Waals surface area contributed by atoms with Gasteiger partial charge in [0.2, 0.25) is 0 Å². The van der Waals surface area contributed by atoms with E-state index in [2.05, 4.69) is 5.32 Å². The fourth-order valence-electron chi connectivity index (χ4n) is 2.56. The van der Waals surface area contributed by atoms with Gasteiger partial charge in [-0.2, -0.15) is 0 Å². The highest BCUT2D eigenvalue weighted by molar-refractivity contribution is 7.90. The SMILES string of the molecule is CC1CCN(C(=O)Nc2ccc(S(C)(=O)=O)cc2)CC1C(=O)O. The van der Waals surface area contributed by atoms with Gasteiger partial charge in [-0.3, -0.25) is 4.79 Å². The van der Waals surface area contributed by atoms with Crippen molar-refractivity contribution in [2.75, 3.05) is 24.7 Å². The third kappa shape index (κ3) is 4.22. The van der Waals surface area contributed by atoms with Gasteiger partial charge in [-0.1, -0.05) is 6.92 Å². The number of carboxylic acids is 1. The number of rotatable bonds is 3. The molecule has 2 amide bonds. The maximum atomic E-state index is 12.2. The van der Waals surface area contributed by atoms with E-state index in [1.165, 1.54) is 29.2 Å². The molecule has 1 aromatic rings. The summed E-state index contributed by atoms with van der Waals surface area (Å²) in [5.41, 5.74) is 0.466. The van der Waals surface area contributed by atoms with Crippen LogP contribution < -0.4 is 5.32 Å². The molecule has 1 aliphatic rings. The van der Waals surface area contributed by atoms with Crippen LogP contribution in [0.2, 0.25) is 0 Å². The van der Waals surface area contributed by atoms with Crippen LogP contribution in [0.1, 0.15) is 13.3 Å². The number of likely N-dealkylation sites (tertiary alicyclic amines) is 1. The number of carboxylic acid groups (broad SMARTS) is 1. The fourth-order valence-corrected chi connectivity index (χ4v) is 3.19. The second-order valence-electron chi connectivity index (χ2n) is 5.88. The summed E-state index contributed by atoms with van der Waals surface area (Å²) >= 11 is 0. The summed E-state index contributed by atoms with van der Waals surface area (Å²) in [6.07, 6.45) is 1.75. The first kappa shape index (κ1) is 17.3. The first-order valence-electron chi connectivity index (χ1n) is 7.27. The van der Waals surface area contributed by atoms with Crippen molar-refractivity contribution in [3.05, 3.63) is 24.3 Å². The molecule has 23 heavy (non-hydrogen) atoms. The first-order valence-corrected chi connectivity index (χ1v) is 9.16. The summed E-state index contributed by atoms with van der Waals surface area (Å²) < 4.78 is 22.8. The van der Waals surface area contributed by atoms with E-state index in [-0.39, 0.29) is 23.4 Å². The zero-order valence-electron chi connectivity index (χ0n) is 13.0. The van der Waals surface area contributed by atoms with E-state index >= 15 is 0 Å². The van der Waals surface area contributed by atoms with Gasteiger partial charge in [0.15, 0.2) is 9.84 Å². The lowest BCUT2D eigenvalue weighted by molar-refractivity contribution is -0.145. The minimum Gasteiger partial charge on any atom is -0.481 e. The molecule has 1 heterocycles. The Balaban J connectivity index is 2.03. The van der Waals surface area contributed by atoms with Crippen LogP contribution in [0.3, 0.4) is 0 Å². The molecule has 0 bridgehead atoms. The van der Waals surface area contributed by atoms with E-state index in [1.807, 2.05) is 6.92 Å². The van der Waals surface area contributed by atoms with Gasteiger partial charge in [0.25, 0.3) is 0 Å². The highest BCUT2D eigenvalue weighted by atomic mass is 32.2. The summed E-state index contributed by atoms with van der Waals surface area (Å²) in [6, 6.07) is 5.48. The van der Waals surface area contributed by atoms with Crippen LogP contribution in [0.5, 0.6) is 0 Å². The van der Waals surface area contributed by atoms with Crippen molar-refractivity contribution in [3.8, 4) is 0 Å². The van der Waals surface area contributed by atoms with Crippen LogP contribution in [0.15, 0.2) is 29.2 Å². The van der Waals surface area contributed by atoms with E-state index in [0.717, 1.165) is 6.26 Å². The average molecular weight is 340 g/mol. The summed E-state index contributed by atoms with van der Waals surface area (Å²) in [4.78, 5) is 25.1. The Morgan fingerprint density at radius 1 is 1.26 bits per heavy atom. The Bertz CT molecular complexity index is 699. The van der Waals surface area contributed by atoms with Crippen molar-refractivity contribution < 1.29 is 23.1 Å². The van der Waals surface area contributed by atoms with Gasteiger partial charge in [-0.15, -0.1) is 0 Å². The van der Waals surface area contributed by atoms with Gasteiger partial charge >= 0.3 is 12.0 Å². The van der Waals surface area contributed by atoms with E-state index in [4.69, 9.17) is 0 Å². The molecule has 1 fully saturated rings. The zero-order valence-corrected chi connectivity index (χ0v) is 13.8. The number of urea groups is 1. The van der Waals surface area contributed by atoms with Crippen molar-refractivity contribution in [2.45, 2.75) is 18.2 Å². The number of piperidine rings is 1. The monoisotopic (exact) mass is 340 g/mol. The number of benzene rings is 1. The Kier molecular flexibility index (Phi) is 4.93. The number of carbonyl (C=O) groups is 2. The normalized spacial score (nSPS) is 21.7.